The molecule has 0 atom stereocenters. The first kappa shape index (κ1) is 30.6. The van der Waals surface area contributed by atoms with Crippen LogP contribution < -0.4 is 17.2 Å². The highest BCUT2D eigenvalue weighted by Crippen LogP contribution is 2.10. The molecule has 7 heteroatoms. The summed E-state index contributed by atoms with van der Waals surface area (Å²) >= 11 is 5.56. The van der Waals surface area contributed by atoms with Crippen LogP contribution in [-0.2, 0) is 16.1 Å². The van der Waals surface area contributed by atoms with Crippen LogP contribution in [-0.4, -0.2) is 24.1 Å². The third-order valence-corrected chi connectivity index (χ3v) is 2.72. The second-order valence-electron chi connectivity index (χ2n) is 4.46. The molecule has 0 saturated heterocycles. The van der Waals surface area contributed by atoms with Gasteiger partial charge in [-0.2, -0.15) is 0 Å². The van der Waals surface area contributed by atoms with Crippen LogP contribution in [0.1, 0.15) is 46.6 Å². The van der Waals surface area contributed by atoms with Gasteiger partial charge in [-0.1, -0.05) is 45.4 Å². The molecule has 1 aromatic heterocycles. The Morgan fingerprint density at radius 2 is 1.64 bits per heavy atom. The van der Waals surface area contributed by atoms with Crippen molar-refractivity contribution in [2.45, 2.75) is 47.6 Å². The second kappa shape index (κ2) is 24.8. The lowest BCUT2D eigenvalue weighted by Gasteiger charge is -1.96. The van der Waals surface area contributed by atoms with Gasteiger partial charge >= 0.3 is 5.97 Å². The summed E-state index contributed by atoms with van der Waals surface area (Å²) in [6, 6.07) is 10.9. The molecule has 0 bridgehead atoms. The van der Waals surface area contributed by atoms with E-state index in [-0.39, 0.29) is 5.97 Å². The van der Waals surface area contributed by atoms with E-state index < -0.39 is 0 Å². The molecule has 1 aromatic carbocycles. The van der Waals surface area contributed by atoms with Gasteiger partial charge in [0.1, 0.15) is 0 Å². The predicted octanol–water partition coefficient (Wildman–Crippen LogP) is 4.41. The number of carbonyl (C=O) groups excluding carboxylic acids is 1. The minimum atomic E-state index is -0.213. The number of nitrogens with zero attached hydrogens (tertiary/aromatic N) is 1. The first-order valence-electron chi connectivity index (χ1n) is 9.49. The Hall–Kier alpha value is -2.15. The summed E-state index contributed by atoms with van der Waals surface area (Å²) in [7, 11) is 0. The first-order chi connectivity index (χ1) is 13.5. The number of nitrogen functional groups attached to an aromatic ring is 1. The van der Waals surface area contributed by atoms with E-state index in [0.717, 1.165) is 5.56 Å². The van der Waals surface area contributed by atoms with Crippen LogP contribution in [0.4, 0.5) is 5.69 Å². The standard InChI is InChI=1S/C6H6ClN.C6H8N2.C5H11NO2.2C2H6/c7-5-2-1-3-6(8)4-5;7-5-6-1-3-8-4-2-6;1-2-8-5(7)3-4-6;2*1-2/h1-4H,8H2;1-4H,5,7H2;2-4,6H2,1H3;2*1-2H3. The monoisotopic (exact) mass is 412 g/mol. The molecule has 6 N–H and O–H groups in total. The maximum atomic E-state index is 10.3. The molecule has 0 radical (unpaired) electrons. The fraction of sp³-hybridized carbons (Fsp3) is 0.429. The Kier molecular flexibility index (Phi) is 27.1. The van der Waals surface area contributed by atoms with Gasteiger partial charge in [0, 0.05) is 36.2 Å². The summed E-state index contributed by atoms with van der Waals surface area (Å²) in [4.78, 5) is 14.2. The topological polar surface area (TPSA) is 117 Å². The van der Waals surface area contributed by atoms with Gasteiger partial charge in [-0.3, -0.25) is 9.78 Å². The number of benzene rings is 1. The molecule has 2 rings (SSSR count). The molecule has 0 amide bonds. The number of anilines is 1. The lowest BCUT2D eigenvalue weighted by molar-refractivity contribution is -0.142. The second-order valence-corrected chi connectivity index (χ2v) is 4.89. The van der Waals surface area contributed by atoms with E-state index in [2.05, 4.69) is 9.72 Å². The highest BCUT2D eigenvalue weighted by molar-refractivity contribution is 6.30. The van der Waals surface area contributed by atoms with Crippen LogP contribution >= 0.6 is 11.6 Å². The molecule has 28 heavy (non-hydrogen) atoms. The van der Waals surface area contributed by atoms with Crippen molar-refractivity contribution in [3.8, 4) is 0 Å². The number of ether oxygens (including phenoxy) is 1. The molecule has 6 nitrogen and oxygen atoms in total. The van der Waals surface area contributed by atoms with Crippen molar-refractivity contribution in [2.24, 2.45) is 11.5 Å². The highest BCUT2D eigenvalue weighted by atomic mass is 35.5. The van der Waals surface area contributed by atoms with Crippen molar-refractivity contribution < 1.29 is 9.53 Å². The minimum absolute atomic E-state index is 0.213. The van der Waals surface area contributed by atoms with E-state index in [9.17, 15) is 4.79 Å². The third-order valence-electron chi connectivity index (χ3n) is 2.49. The van der Waals surface area contributed by atoms with Crippen molar-refractivity contribution in [1.29, 1.82) is 0 Å². The summed E-state index contributed by atoms with van der Waals surface area (Å²) in [6.07, 6.45) is 3.80. The lowest BCUT2D eigenvalue weighted by atomic mass is 10.3. The van der Waals surface area contributed by atoms with E-state index in [1.54, 1.807) is 37.5 Å². The lowest BCUT2D eigenvalue weighted by Crippen LogP contribution is -2.10. The molecule has 0 unspecified atom stereocenters. The maximum Gasteiger partial charge on any atom is 0.307 e. The van der Waals surface area contributed by atoms with Gasteiger partial charge in [-0.25, -0.2) is 0 Å². The molecular weight excluding hydrogens is 376 g/mol. The summed E-state index contributed by atoms with van der Waals surface area (Å²) in [5.74, 6) is -0.213. The van der Waals surface area contributed by atoms with E-state index in [4.69, 9.17) is 28.8 Å². The van der Waals surface area contributed by atoms with Crippen LogP contribution in [0.25, 0.3) is 0 Å². The van der Waals surface area contributed by atoms with Gasteiger partial charge < -0.3 is 21.9 Å². The Morgan fingerprint density at radius 3 is 1.96 bits per heavy atom. The molecule has 0 spiro atoms. The zero-order valence-corrected chi connectivity index (χ0v) is 18.6. The summed E-state index contributed by atoms with van der Waals surface area (Å²) in [6.45, 7) is 11.2. The SMILES string of the molecule is CC.CC.CCOC(=O)CCN.NCc1ccncc1.Nc1cccc(Cl)c1. The average Bonchev–Trinajstić information content (AvgIpc) is 2.73. The Balaban J connectivity index is -0.000000307. The van der Waals surface area contributed by atoms with Crippen molar-refractivity contribution in [3.05, 3.63) is 59.4 Å². The number of nitrogens with two attached hydrogens (primary N) is 3. The van der Waals surface area contributed by atoms with E-state index in [1.807, 2.05) is 45.9 Å². The molecule has 0 saturated carbocycles. The molecule has 0 aliphatic carbocycles. The number of pyridine rings is 1. The van der Waals surface area contributed by atoms with Crippen molar-refractivity contribution >= 4 is 23.3 Å². The van der Waals surface area contributed by atoms with E-state index in [0.29, 0.717) is 36.8 Å². The van der Waals surface area contributed by atoms with Crippen molar-refractivity contribution in [2.75, 3.05) is 18.9 Å². The highest BCUT2D eigenvalue weighted by Gasteiger charge is 1.95. The average molecular weight is 413 g/mol. The van der Waals surface area contributed by atoms with Gasteiger partial charge in [0.2, 0.25) is 0 Å². The first-order valence-corrected chi connectivity index (χ1v) is 9.87. The quantitative estimate of drug-likeness (QED) is 0.505. The van der Waals surface area contributed by atoms with Crippen LogP contribution in [0.3, 0.4) is 0 Å². The molecular formula is C21H37ClN4O2. The largest absolute Gasteiger partial charge is 0.466 e. The number of esters is 1. The van der Waals surface area contributed by atoms with Crippen LogP contribution in [0.2, 0.25) is 5.02 Å². The molecule has 0 fully saturated rings. The number of halogens is 1. The number of aromatic nitrogens is 1. The molecule has 0 aliphatic rings. The van der Waals surface area contributed by atoms with Gasteiger partial charge in [-0.05, 0) is 42.8 Å². The van der Waals surface area contributed by atoms with Gasteiger partial charge in [0.05, 0.1) is 13.0 Å². The molecule has 2 aromatic rings. The zero-order chi connectivity index (χ0) is 22.2. The Labute approximate surface area is 175 Å². The van der Waals surface area contributed by atoms with Crippen molar-refractivity contribution in [1.82, 2.24) is 4.98 Å². The minimum Gasteiger partial charge on any atom is -0.466 e. The summed E-state index contributed by atoms with van der Waals surface area (Å²) < 4.78 is 4.56. The van der Waals surface area contributed by atoms with Gasteiger partial charge in [0.15, 0.2) is 0 Å². The summed E-state index contributed by atoms with van der Waals surface area (Å²) in [5, 5.41) is 0.685. The van der Waals surface area contributed by atoms with Gasteiger partial charge in [-0.15, -0.1) is 0 Å². The Morgan fingerprint density at radius 1 is 1.07 bits per heavy atom. The van der Waals surface area contributed by atoms with E-state index in [1.165, 1.54) is 0 Å². The summed E-state index contributed by atoms with van der Waals surface area (Å²) in [5.41, 5.74) is 17.6. The molecule has 160 valence electrons. The fourth-order valence-electron chi connectivity index (χ4n) is 1.38. The number of carbonyl (C=O) groups is 1. The number of hydrogen-bond acceptors (Lipinski definition) is 6. The van der Waals surface area contributed by atoms with Crippen LogP contribution in [0.15, 0.2) is 48.8 Å². The maximum absolute atomic E-state index is 10.3. The van der Waals surface area contributed by atoms with Crippen molar-refractivity contribution in [3.63, 3.8) is 0 Å². The third kappa shape index (κ3) is 21.9. The van der Waals surface area contributed by atoms with Gasteiger partial charge in [0.25, 0.3) is 0 Å². The van der Waals surface area contributed by atoms with Crippen LogP contribution in [0.5, 0.6) is 0 Å². The molecule has 1 heterocycles. The normalized spacial score (nSPS) is 8.14. The predicted molar refractivity (Wildman–Crippen MR) is 121 cm³/mol. The number of rotatable bonds is 4. The zero-order valence-electron chi connectivity index (χ0n) is 17.8. The number of hydrogen-bond donors (Lipinski definition) is 3. The molecule has 0 aliphatic heterocycles. The smallest absolute Gasteiger partial charge is 0.307 e. The Bertz CT molecular complexity index is 544. The van der Waals surface area contributed by atoms with Crippen LogP contribution in [0, 0.1) is 0 Å². The fourth-order valence-corrected chi connectivity index (χ4v) is 1.58. The van der Waals surface area contributed by atoms with E-state index >= 15 is 0 Å².